The second kappa shape index (κ2) is 10.7. The summed E-state index contributed by atoms with van der Waals surface area (Å²) in [5.41, 5.74) is -0.823. The molecule has 2 heterocycles. The van der Waals surface area contributed by atoms with E-state index < -0.39 is 53.6 Å². The Balaban J connectivity index is 1.71. The van der Waals surface area contributed by atoms with E-state index in [0.29, 0.717) is 5.02 Å². The molecule has 11 nitrogen and oxygen atoms in total. The minimum Gasteiger partial charge on any atom is -0.444 e. The molecule has 3 rings (SSSR count). The highest BCUT2D eigenvalue weighted by atomic mass is 35.5. The highest BCUT2D eigenvalue weighted by Crippen LogP contribution is 2.35. The van der Waals surface area contributed by atoms with Crippen LogP contribution in [0.15, 0.2) is 22.7 Å². The summed E-state index contributed by atoms with van der Waals surface area (Å²) < 4.78 is 48.6. The molecule has 0 aromatic carbocycles. The maximum Gasteiger partial charge on any atom is 0.470 e. The van der Waals surface area contributed by atoms with Gasteiger partial charge >= 0.3 is 30.0 Å². The van der Waals surface area contributed by atoms with Crippen LogP contribution >= 0.6 is 11.6 Å². The SMILES string of the molecule is CC(C)(C)OC(=O)N[C@@H]1C[C@@H](c2nnc(C(F)(F)F)o2)CC[C@@H]1NC(=O)C(=O)Nc1ccc(Cl)cn1. The normalized spacial score (nSPS) is 20.4. The van der Waals surface area contributed by atoms with E-state index in [-0.39, 0.29) is 31.0 Å². The minimum atomic E-state index is -4.79. The quantitative estimate of drug-likeness (QED) is 0.507. The molecule has 0 bridgehead atoms. The number of carbonyl (C=O) groups excluding carboxylic acids is 3. The lowest BCUT2D eigenvalue weighted by Gasteiger charge is -2.36. The van der Waals surface area contributed by atoms with Gasteiger partial charge in [0.2, 0.25) is 5.89 Å². The first-order chi connectivity index (χ1) is 16.7. The standard InChI is InChI=1S/C21H24ClF3N6O5/c1-20(2,3)36-19(34)28-13-8-10(17-30-31-18(35-17)21(23,24)25)4-6-12(13)27-15(32)16(33)29-14-7-5-11(22)9-26-14/h5,7,9-10,12-13H,4,6,8H2,1-3H3,(H,27,32)(H,28,34)(H,26,29,33)/t10-,12-,13+/m0/s1. The summed E-state index contributed by atoms with van der Waals surface area (Å²) in [6, 6.07) is 1.33. The number of carbonyl (C=O) groups is 3. The summed E-state index contributed by atoms with van der Waals surface area (Å²) >= 11 is 5.75. The van der Waals surface area contributed by atoms with Gasteiger partial charge in [0, 0.05) is 18.2 Å². The smallest absolute Gasteiger partial charge is 0.444 e. The van der Waals surface area contributed by atoms with Crippen molar-refractivity contribution in [1.29, 1.82) is 0 Å². The van der Waals surface area contributed by atoms with Crippen molar-refractivity contribution < 1.29 is 36.7 Å². The van der Waals surface area contributed by atoms with Gasteiger partial charge in [-0.2, -0.15) is 13.2 Å². The van der Waals surface area contributed by atoms with Crippen molar-refractivity contribution in [3.63, 3.8) is 0 Å². The third kappa shape index (κ3) is 7.54. The third-order valence-electron chi connectivity index (χ3n) is 5.08. The van der Waals surface area contributed by atoms with Gasteiger partial charge in [0.15, 0.2) is 0 Å². The van der Waals surface area contributed by atoms with Gasteiger partial charge in [-0.3, -0.25) is 9.59 Å². The number of rotatable bonds is 4. The predicted molar refractivity (Wildman–Crippen MR) is 119 cm³/mol. The molecule has 3 N–H and O–H groups in total. The van der Waals surface area contributed by atoms with Crippen LogP contribution in [0.25, 0.3) is 0 Å². The van der Waals surface area contributed by atoms with E-state index in [9.17, 15) is 27.6 Å². The number of alkyl halides is 3. The highest BCUT2D eigenvalue weighted by Gasteiger charge is 2.41. The number of nitrogens with zero attached hydrogens (tertiary/aromatic N) is 3. The van der Waals surface area contributed by atoms with E-state index in [1.807, 2.05) is 0 Å². The van der Waals surface area contributed by atoms with Gasteiger partial charge in [-0.25, -0.2) is 9.78 Å². The first-order valence-electron chi connectivity index (χ1n) is 10.8. The molecule has 3 amide bonds. The van der Waals surface area contributed by atoms with E-state index in [1.165, 1.54) is 18.3 Å². The van der Waals surface area contributed by atoms with Crippen LogP contribution in [0.4, 0.5) is 23.8 Å². The number of ether oxygens (including phenoxy) is 1. The first kappa shape index (κ1) is 27.2. The number of anilines is 1. The highest BCUT2D eigenvalue weighted by molar-refractivity contribution is 6.39. The number of alkyl carbamates (subject to hydrolysis) is 1. The first-order valence-corrected chi connectivity index (χ1v) is 11.2. The summed E-state index contributed by atoms with van der Waals surface area (Å²) in [6.45, 7) is 4.96. The zero-order chi connectivity index (χ0) is 26.7. The summed E-state index contributed by atoms with van der Waals surface area (Å²) in [6.07, 6.45) is -3.83. The fraction of sp³-hybridized carbons (Fsp3) is 0.524. The summed E-state index contributed by atoms with van der Waals surface area (Å²) in [4.78, 5) is 41.1. The second-order valence-corrected chi connectivity index (χ2v) is 9.54. The van der Waals surface area contributed by atoms with E-state index >= 15 is 0 Å². The fourth-order valence-corrected chi connectivity index (χ4v) is 3.67. The van der Waals surface area contributed by atoms with Crippen molar-refractivity contribution in [3.8, 4) is 0 Å². The third-order valence-corrected chi connectivity index (χ3v) is 5.30. The second-order valence-electron chi connectivity index (χ2n) is 9.10. The molecule has 15 heteroatoms. The molecule has 0 unspecified atom stereocenters. The Morgan fingerprint density at radius 3 is 2.36 bits per heavy atom. The van der Waals surface area contributed by atoms with Crippen LogP contribution in [-0.2, 0) is 20.5 Å². The maximum absolute atomic E-state index is 12.9. The largest absolute Gasteiger partial charge is 0.470 e. The Morgan fingerprint density at radius 2 is 1.78 bits per heavy atom. The molecule has 0 saturated heterocycles. The number of amides is 3. The zero-order valence-electron chi connectivity index (χ0n) is 19.5. The van der Waals surface area contributed by atoms with Gasteiger partial charge in [-0.15, -0.1) is 10.2 Å². The van der Waals surface area contributed by atoms with Gasteiger partial charge in [-0.05, 0) is 52.2 Å². The molecule has 0 radical (unpaired) electrons. The Labute approximate surface area is 208 Å². The lowest BCUT2D eigenvalue weighted by atomic mass is 9.82. The molecule has 36 heavy (non-hydrogen) atoms. The Morgan fingerprint density at radius 1 is 1.06 bits per heavy atom. The molecule has 196 valence electrons. The number of pyridine rings is 1. The predicted octanol–water partition coefficient (Wildman–Crippen LogP) is 3.42. The monoisotopic (exact) mass is 532 g/mol. The number of halogens is 4. The van der Waals surface area contributed by atoms with Crippen molar-refractivity contribution in [1.82, 2.24) is 25.8 Å². The maximum atomic E-state index is 12.9. The molecule has 2 aromatic heterocycles. The van der Waals surface area contributed by atoms with Crippen LogP contribution < -0.4 is 16.0 Å². The average Bonchev–Trinajstić information content (AvgIpc) is 3.26. The molecule has 0 spiro atoms. The van der Waals surface area contributed by atoms with Crippen molar-refractivity contribution in [3.05, 3.63) is 35.1 Å². The van der Waals surface area contributed by atoms with Crippen molar-refractivity contribution in [2.75, 3.05) is 5.32 Å². The van der Waals surface area contributed by atoms with E-state index in [0.717, 1.165) is 0 Å². The fourth-order valence-electron chi connectivity index (χ4n) is 3.56. The molecule has 3 atom stereocenters. The Bertz CT molecular complexity index is 1100. The van der Waals surface area contributed by atoms with E-state index in [1.54, 1.807) is 20.8 Å². The molecule has 2 aromatic rings. The summed E-state index contributed by atoms with van der Waals surface area (Å²) in [5.74, 6) is -4.25. The number of nitrogens with one attached hydrogen (secondary N) is 3. The van der Waals surface area contributed by atoms with E-state index in [4.69, 9.17) is 20.8 Å². The van der Waals surface area contributed by atoms with Crippen molar-refractivity contribution in [2.45, 2.75) is 69.8 Å². The molecular weight excluding hydrogens is 509 g/mol. The van der Waals surface area contributed by atoms with Gasteiger partial charge in [0.25, 0.3) is 0 Å². The Kier molecular flexibility index (Phi) is 8.06. The summed E-state index contributed by atoms with van der Waals surface area (Å²) in [5, 5.41) is 14.4. The van der Waals surface area contributed by atoms with Crippen molar-refractivity contribution >= 4 is 35.3 Å². The van der Waals surface area contributed by atoms with E-state index in [2.05, 4.69) is 31.1 Å². The zero-order valence-corrected chi connectivity index (χ0v) is 20.2. The number of hydrogen-bond acceptors (Lipinski definition) is 8. The molecule has 1 aliphatic rings. The molecule has 1 aliphatic carbocycles. The summed E-state index contributed by atoms with van der Waals surface area (Å²) in [7, 11) is 0. The van der Waals surface area contributed by atoms with Crippen LogP contribution in [0, 0.1) is 0 Å². The van der Waals surface area contributed by atoms with Crippen LogP contribution in [0.3, 0.4) is 0 Å². The van der Waals surface area contributed by atoms with Crippen molar-refractivity contribution in [2.24, 2.45) is 0 Å². The topological polar surface area (TPSA) is 148 Å². The van der Waals surface area contributed by atoms with Gasteiger partial charge in [0.1, 0.15) is 11.4 Å². The molecular formula is C21H24ClF3N6O5. The Hall–Kier alpha value is -3.42. The average molecular weight is 533 g/mol. The number of hydrogen-bond donors (Lipinski definition) is 3. The molecule has 1 fully saturated rings. The van der Waals surface area contributed by atoms with Gasteiger partial charge < -0.3 is 25.1 Å². The van der Waals surface area contributed by atoms with Crippen LogP contribution in [0.5, 0.6) is 0 Å². The molecule has 0 aliphatic heterocycles. The van der Waals surface area contributed by atoms with Crippen LogP contribution in [-0.4, -0.2) is 50.8 Å². The van der Waals surface area contributed by atoms with Gasteiger partial charge in [0.05, 0.1) is 11.1 Å². The molecule has 1 saturated carbocycles. The lowest BCUT2D eigenvalue weighted by molar-refractivity contribution is -0.157. The van der Waals surface area contributed by atoms with Crippen LogP contribution in [0.2, 0.25) is 5.02 Å². The lowest BCUT2D eigenvalue weighted by Crippen LogP contribution is -2.56. The number of aromatic nitrogens is 3. The van der Waals surface area contributed by atoms with Crippen LogP contribution in [0.1, 0.15) is 57.7 Å². The minimum absolute atomic E-state index is 0.0457. The van der Waals surface area contributed by atoms with Gasteiger partial charge in [-0.1, -0.05) is 11.6 Å².